The zero-order chi connectivity index (χ0) is 40.8. The molecule has 1 fully saturated rings. The molecule has 298 valence electrons. The summed E-state index contributed by atoms with van der Waals surface area (Å²) in [6.07, 6.45) is 1.04. The zero-order valence-electron chi connectivity index (χ0n) is 33.3. The van der Waals surface area contributed by atoms with E-state index in [-0.39, 0.29) is 19.3 Å². The normalized spacial score (nSPS) is 24.4. The van der Waals surface area contributed by atoms with Crippen LogP contribution in [-0.4, -0.2) is 115 Å². The van der Waals surface area contributed by atoms with Crippen LogP contribution in [0.25, 0.3) is 0 Å². The van der Waals surface area contributed by atoms with E-state index in [1.165, 1.54) is 63.7 Å². The molecule has 0 radical (unpaired) electrons. The number of nitrogens with one attached hydrogen (secondary N) is 3. The molecule has 0 spiro atoms. The van der Waals surface area contributed by atoms with E-state index in [0.29, 0.717) is 28.4 Å². The van der Waals surface area contributed by atoms with Gasteiger partial charge in [0.2, 0.25) is 35.4 Å². The fourth-order valence-electron chi connectivity index (χ4n) is 6.98. The summed E-state index contributed by atoms with van der Waals surface area (Å²) in [6.45, 7) is 6.53. The minimum Gasteiger partial charge on any atom is -0.493 e. The maximum Gasteiger partial charge on any atom is 0.246 e. The van der Waals surface area contributed by atoms with Crippen LogP contribution in [0.4, 0.5) is 0 Å². The van der Waals surface area contributed by atoms with Crippen molar-refractivity contribution in [3.05, 3.63) is 89.0 Å². The summed E-state index contributed by atoms with van der Waals surface area (Å²) in [5.74, 6) is -2.12. The fraction of sp³-hybridized carbons (Fsp3) is 0.429. The number of aryl methyl sites for hydroxylation is 1. The van der Waals surface area contributed by atoms with Crippen molar-refractivity contribution in [2.75, 3.05) is 28.3 Å². The number of rotatable bonds is 4. The molecule has 6 bridgehead atoms. The summed E-state index contributed by atoms with van der Waals surface area (Å²) < 4.78 is 11.7. The van der Waals surface area contributed by atoms with E-state index in [9.17, 15) is 28.8 Å². The molecule has 6 amide bonds. The van der Waals surface area contributed by atoms with Crippen LogP contribution >= 0.6 is 0 Å². The number of methoxy groups -OCH3 is 1. The minimum atomic E-state index is -1.15. The summed E-state index contributed by atoms with van der Waals surface area (Å²) in [6, 6.07) is 13.3. The van der Waals surface area contributed by atoms with Crippen molar-refractivity contribution in [2.45, 2.75) is 89.6 Å². The molecule has 56 heavy (non-hydrogen) atoms. The summed E-state index contributed by atoms with van der Waals surface area (Å²) in [5, 5.41) is 8.19. The Bertz CT molecular complexity index is 1950. The van der Waals surface area contributed by atoms with Gasteiger partial charge in [-0.15, -0.1) is 0 Å². The Morgan fingerprint density at radius 3 is 1.79 bits per heavy atom. The van der Waals surface area contributed by atoms with Crippen molar-refractivity contribution in [1.82, 2.24) is 30.7 Å². The lowest BCUT2D eigenvalue weighted by molar-refractivity contribution is -0.149. The predicted octanol–water partition coefficient (Wildman–Crippen LogP) is 2.40. The average molecular weight is 769 g/mol. The third-order valence-electron chi connectivity index (χ3n) is 10.6. The molecule has 3 aliphatic rings. The maximum absolute atomic E-state index is 14.7. The number of hydrogen-bond donors (Lipinski definition) is 3. The average Bonchev–Trinajstić information content (AvgIpc) is 3.19. The lowest BCUT2D eigenvalue weighted by Gasteiger charge is -2.36. The Kier molecular flexibility index (Phi) is 13.0. The van der Waals surface area contributed by atoms with Crippen molar-refractivity contribution in [3.8, 4) is 17.2 Å². The van der Waals surface area contributed by atoms with Gasteiger partial charge in [-0.3, -0.25) is 28.8 Å². The highest BCUT2D eigenvalue weighted by molar-refractivity contribution is 5.98. The van der Waals surface area contributed by atoms with Crippen molar-refractivity contribution >= 4 is 35.4 Å². The zero-order valence-corrected chi connectivity index (χ0v) is 33.3. The number of carbonyl (C=O) groups is 6. The summed E-state index contributed by atoms with van der Waals surface area (Å²) >= 11 is 0. The molecule has 0 unspecified atom stereocenters. The van der Waals surface area contributed by atoms with E-state index in [0.717, 1.165) is 17.5 Å². The number of hydrogen-bond acceptors (Lipinski definition) is 8. The van der Waals surface area contributed by atoms with Gasteiger partial charge in [0.15, 0.2) is 11.5 Å². The second-order valence-electron chi connectivity index (χ2n) is 14.6. The molecule has 3 heterocycles. The van der Waals surface area contributed by atoms with Crippen LogP contribution in [0.1, 0.15) is 49.9 Å². The van der Waals surface area contributed by atoms with E-state index in [4.69, 9.17) is 9.47 Å². The molecule has 3 N–H and O–H groups in total. The second-order valence-corrected chi connectivity index (χ2v) is 14.6. The lowest BCUT2D eigenvalue weighted by atomic mass is 9.98. The molecule has 3 aliphatic heterocycles. The Labute approximate surface area is 327 Å². The molecule has 3 aromatic carbocycles. The van der Waals surface area contributed by atoms with E-state index >= 15 is 0 Å². The smallest absolute Gasteiger partial charge is 0.246 e. The van der Waals surface area contributed by atoms with Crippen molar-refractivity contribution in [1.29, 1.82) is 0 Å². The number of nitrogens with zero attached hydrogens (tertiary/aromatic N) is 3. The third kappa shape index (κ3) is 9.29. The molecular formula is C42H52N6O8. The van der Waals surface area contributed by atoms with Crippen LogP contribution in [0.3, 0.4) is 0 Å². The van der Waals surface area contributed by atoms with E-state index in [1.807, 2.05) is 31.2 Å². The second kappa shape index (κ2) is 17.7. The number of carbonyl (C=O) groups excluding carboxylic acids is 6. The first-order valence-electron chi connectivity index (χ1n) is 18.8. The van der Waals surface area contributed by atoms with Gasteiger partial charge in [-0.25, -0.2) is 0 Å². The molecule has 6 rings (SSSR count). The molecule has 1 saturated heterocycles. The highest BCUT2D eigenvalue weighted by atomic mass is 16.5. The Hall–Kier alpha value is -5.92. The van der Waals surface area contributed by atoms with Crippen LogP contribution in [0, 0.1) is 0 Å². The number of benzene rings is 3. The first kappa shape index (κ1) is 41.2. The Morgan fingerprint density at radius 2 is 1.16 bits per heavy atom. The van der Waals surface area contributed by atoms with Crippen molar-refractivity contribution in [3.63, 3.8) is 0 Å². The van der Waals surface area contributed by atoms with Gasteiger partial charge in [-0.05, 0) is 73.7 Å². The first-order valence-corrected chi connectivity index (χ1v) is 18.8. The summed E-state index contributed by atoms with van der Waals surface area (Å²) in [7, 11) is 5.96. The summed E-state index contributed by atoms with van der Waals surface area (Å²) in [4.78, 5) is 88.3. The number of fused-ring (bicyclic) bond motifs is 2. The van der Waals surface area contributed by atoms with Gasteiger partial charge < -0.3 is 40.1 Å². The van der Waals surface area contributed by atoms with Gasteiger partial charge in [0.05, 0.1) is 7.11 Å². The van der Waals surface area contributed by atoms with Crippen LogP contribution in [0.2, 0.25) is 0 Å². The van der Waals surface area contributed by atoms with Gasteiger partial charge in [0.1, 0.15) is 42.0 Å². The van der Waals surface area contributed by atoms with Crippen LogP contribution < -0.4 is 25.4 Å². The highest BCUT2D eigenvalue weighted by Crippen LogP contribution is 2.34. The minimum absolute atomic E-state index is 0.0133. The Balaban J connectivity index is 1.57. The lowest BCUT2D eigenvalue weighted by Crippen LogP contribution is -2.61. The Morgan fingerprint density at radius 1 is 0.625 bits per heavy atom. The standard InChI is InChI=1S/C42H52N6O8/c1-9-27-10-12-28(13-11-27)20-32-39(51)45-26(4)41(53)48(7)34-21-29-14-17-31(18-15-29)56-36-23-30(16-19-35(36)55-8)22-33(47(6)42(34)54)38(50)43-24(2)37(49)44-25(3)40(52)46(32)5/h10-19,23-26,32-34H,9,20-22H2,1-8H3,(H,43,50)(H,44,49)(H,45,51)/t24-,25+,26+,32+,33+,34+/m1/s1. The molecule has 14 nitrogen and oxygen atoms in total. The topological polar surface area (TPSA) is 167 Å². The molecule has 6 atom stereocenters. The quantitative estimate of drug-likeness (QED) is 0.364. The highest BCUT2D eigenvalue weighted by Gasteiger charge is 2.39. The van der Waals surface area contributed by atoms with Crippen LogP contribution in [-0.2, 0) is 54.5 Å². The van der Waals surface area contributed by atoms with E-state index in [2.05, 4.69) is 16.0 Å². The molecule has 0 aromatic heterocycles. The van der Waals surface area contributed by atoms with Crippen LogP contribution in [0.5, 0.6) is 17.2 Å². The maximum atomic E-state index is 14.7. The molecular weight excluding hydrogens is 716 g/mol. The van der Waals surface area contributed by atoms with Gasteiger partial charge in [0.25, 0.3) is 0 Å². The van der Waals surface area contributed by atoms with Gasteiger partial charge in [-0.1, -0.05) is 49.4 Å². The fourth-order valence-corrected chi connectivity index (χ4v) is 6.98. The van der Waals surface area contributed by atoms with Crippen LogP contribution in [0.15, 0.2) is 66.7 Å². The largest absolute Gasteiger partial charge is 0.493 e. The molecule has 0 aliphatic carbocycles. The van der Waals surface area contributed by atoms with Gasteiger partial charge in [0, 0.05) is 40.4 Å². The predicted molar refractivity (Wildman–Crippen MR) is 209 cm³/mol. The SMILES string of the molecule is CCc1ccc(C[C@H]2C(=O)N[C@@H](C)C(=O)N(C)[C@H]3Cc4ccc(cc4)Oc4cc(ccc4OC)C[C@@H](C(=O)N[C@H](C)C(=O)N[C@@H](C)C(=O)N2C)N(C)C3=O)cc1. The third-order valence-corrected chi connectivity index (χ3v) is 10.6. The molecule has 3 aromatic rings. The van der Waals surface area contributed by atoms with Gasteiger partial charge >= 0.3 is 0 Å². The van der Waals surface area contributed by atoms with Gasteiger partial charge in [-0.2, -0.15) is 0 Å². The number of amides is 6. The number of likely N-dealkylation sites (N-methyl/N-ethyl adjacent to an activating group) is 3. The number of ether oxygens (including phenoxy) is 2. The first-order chi connectivity index (χ1) is 26.6. The van der Waals surface area contributed by atoms with E-state index < -0.39 is 71.7 Å². The molecule has 14 heteroatoms. The van der Waals surface area contributed by atoms with Crippen molar-refractivity contribution < 1.29 is 38.2 Å². The van der Waals surface area contributed by atoms with E-state index in [1.54, 1.807) is 42.5 Å². The van der Waals surface area contributed by atoms with Crippen molar-refractivity contribution in [2.24, 2.45) is 0 Å². The molecule has 0 saturated carbocycles. The monoisotopic (exact) mass is 768 g/mol. The summed E-state index contributed by atoms with van der Waals surface area (Å²) in [5.41, 5.74) is 3.23.